The van der Waals surface area contributed by atoms with Crippen molar-refractivity contribution in [3.8, 4) is 0 Å². The number of amides is 1. The second-order valence-corrected chi connectivity index (χ2v) is 7.40. The van der Waals surface area contributed by atoms with E-state index in [0.29, 0.717) is 0 Å². The van der Waals surface area contributed by atoms with E-state index < -0.39 is 0 Å². The third-order valence-electron chi connectivity index (χ3n) is 5.07. The highest BCUT2D eigenvalue weighted by Crippen LogP contribution is 2.24. The maximum absolute atomic E-state index is 12.9. The Balaban J connectivity index is 1.56. The van der Waals surface area contributed by atoms with Crippen LogP contribution in [-0.4, -0.2) is 19.0 Å². The van der Waals surface area contributed by atoms with Crippen LogP contribution in [0.4, 0.5) is 10.1 Å². The Kier molecular flexibility index (Phi) is 6.28. The average molecular weight is 366 g/mol. The van der Waals surface area contributed by atoms with E-state index in [4.69, 9.17) is 0 Å². The van der Waals surface area contributed by atoms with Gasteiger partial charge in [-0.15, -0.1) is 0 Å². The number of carbonyl (C=O) groups is 1. The van der Waals surface area contributed by atoms with Crippen molar-refractivity contribution in [1.29, 1.82) is 0 Å². The Morgan fingerprint density at radius 1 is 1.19 bits per heavy atom. The first kappa shape index (κ1) is 19.2. The molecule has 4 heteroatoms. The molecule has 0 unspecified atom stereocenters. The lowest BCUT2D eigenvalue weighted by Crippen LogP contribution is -2.34. The molecular weight excluding hydrogens is 339 g/mol. The second kappa shape index (κ2) is 8.85. The fourth-order valence-corrected chi connectivity index (χ4v) is 3.49. The van der Waals surface area contributed by atoms with Crippen LogP contribution in [0.1, 0.15) is 43.9 Å². The van der Waals surface area contributed by atoms with Gasteiger partial charge in [0.15, 0.2) is 0 Å². The van der Waals surface area contributed by atoms with Gasteiger partial charge in [-0.3, -0.25) is 4.79 Å². The molecule has 0 aliphatic carbocycles. The summed E-state index contributed by atoms with van der Waals surface area (Å²) in [6.45, 7) is 6.50. The van der Waals surface area contributed by atoms with Crippen LogP contribution in [-0.2, 0) is 4.79 Å². The smallest absolute Gasteiger partial charge is 0.244 e. The van der Waals surface area contributed by atoms with E-state index in [-0.39, 0.29) is 17.8 Å². The molecule has 0 saturated carbocycles. The van der Waals surface area contributed by atoms with Gasteiger partial charge in [0.1, 0.15) is 5.82 Å². The molecule has 1 N–H and O–H groups in total. The van der Waals surface area contributed by atoms with Crippen molar-refractivity contribution in [2.24, 2.45) is 5.92 Å². The molecule has 1 aliphatic rings. The van der Waals surface area contributed by atoms with Gasteiger partial charge >= 0.3 is 0 Å². The van der Waals surface area contributed by atoms with E-state index in [1.54, 1.807) is 18.2 Å². The number of piperidine rings is 1. The first-order chi connectivity index (χ1) is 13.0. The lowest BCUT2D eigenvalue weighted by atomic mass is 9.99. The first-order valence-electron chi connectivity index (χ1n) is 9.60. The molecule has 3 rings (SSSR count). The van der Waals surface area contributed by atoms with Crippen molar-refractivity contribution in [1.82, 2.24) is 5.32 Å². The number of halogens is 1. The van der Waals surface area contributed by atoms with E-state index in [0.717, 1.165) is 30.1 Å². The molecule has 1 heterocycles. The summed E-state index contributed by atoms with van der Waals surface area (Å²) in [5.41, 5.74) is 3.12. The Labute approximate surface area is 160 Å². The summed E-state index contributed by atoms with van der Waals surface area (Å²) in [6, 6.07) is 14.4. The number of anilines is 1. The quantitative estimate of drug-likeness (QED) is 0.759. The molecule has 1 saturated heterocycles. The monoisotopic (exact) mass is 366 g/mol. The minimum Gasteiger partial charge on any atom is -0.371 e. The molecule has 1 amide bonds. The largest absolute Gasteiger partial charge is 0.371 e. The molecular formula is C23H27FN2O. The molecule has 0 bridgehead atoms. The van der Waals surface area contributed by atoms with E-state index in [1.807, 2.05) is 6.92 Å². The summed E-state index contributed by atoms with van der Waals surface area (Å²) in [7, 11) is 0. The summed E-state index contributed by atoms with van der Waals surface area (Å²) in [6.07, 6.45) is 5.72. The molecule has 1 aliphatic heterocycles. The highest BCUT2D eigenvalue weighted by molar-refractivity contribution is 5.91. The molecule has 2 aromatic carbocycles. The highest BCUT2D eigenvalue weighted by atomic mass is 19.1. The summed E-state index contributed by atoms with van der Waals surface area (Å²) < 4.78 is 12.9. The standard InChI is InChI=1S/C23H27FN2O/c1-17-4-3-15-26(16-17)22-12-8-20(9-13-22)18(2)25-23(27)14-7-19-5-10-21(24)11-6-19/h5-14,17-18H,3-4,15-16H2,1-2H3,(H,25,27)/b14-7+/t17-,18+/m1/s1. The van der Waals surface area contributed by atoms with Gasteiger partial charge in [-0.25, -0.2) is 4.39 Å². The van der Waals surface area contributed by atoms with E-state index >= 15 is 0 Å². The van der Waals surface area contributed by atoms with E-state index in [2.05, 4.69) is 41.4 Å². The average Bonchev–Trinajstić information content (AvgIpc) is 2.67. The van der Waals surface area contributed by atoms with Crippen LogP contribution in [0.3, 0.4) is 0 Å². The van der Waals surface area contributed by atoms with Gasteiger partial charge in [0.05, 0.1) is 6.04 Å². The van der Waals surface area contributed by atoms with E-state index in [1.165, 1.54) is 36.7 Å². The molecule has 2 aromatic rings. The molecule has 1 fully saturated rings. The van der Waals surface area contributed by atoms with Crippen molar-refractivity contribution < 1.29 is 9.18 Å². The number of nitrogens with zero attached hydrogens (tertiary/aromatic N) is 1. The first-order valence-corrected chi connectivity index (χ1v) is 9.60. The van der Waals surface area contributed by atoms with E-state index in [9.17, 15) is 9.18 Å². The summed E-state index contributed by atoms with van der Waals surface area (Å²) in [5.74, 6) is 0.290. The normalized spacial score (nSPS) is 18.5. The molecule has 3 nitrogen and oxygen atoms in total. The van der Waals surface area contributed by atoms with Gasteiger partial charge in [-0.05, 0) is 67.2 Å². The Bertz CT molecular complexity index is 783. The Morgan fingerprint density at radius 2 is 1.89 bits per heavy atom. The zero-order valence-corrected chi connectivity index (χ0v) is 16.0. The molecule has 0 spiro atoms. The van der Waals surface area contributed by atoms with Crippen LogP contribution in [0, 0.1) is 11.7 Å². The lowest BCUT2D eigenvalue weighted by Gasteiger charge is -2.33. The maximum atomic E-state index is 12.9. The highest BCUT2D eigenvalue weighted by Gasteiger charge is 2.17. The summed E-state index contributed by atoms with van der Waals surface area (Å²) >= 11 is 0. The fourth-order valence-electron chi connectivity index (χ4n) is 3.49. The molecule has 27 heavy (non-hydrogen) atoms. The topological polar surface area (TPSA) is 32.3 Å². The third-order valence-corrected chi connectivity index (χ3v) is 5.07. The SMILES string of the molecule is C[C@@H]1CCCN(c2ccc([C@H](C)NC(=O)/C=C/c3ccc(F)cc3)cc2)C1. The van der Waals surface area contributed by atoms with Crippen LogP contribution in [0.15, 0.2) is 54.6 Å². The number of nitrogens with one attached hydrogen (secondary N) is 1. The van der Waals surface area contributed by atoms with Crippen molar-refractivity contribution in [3.63, 3.8) is 0 Å². The summed E-state index contributed by atoms with van der Waals surface area (Å²) in [4.78, 5) is 14.6. The van der Waals surface area contributed by atoms with Crippen LogP contribution in [0.2, 0.25) is 0 Å². The lowest BCUT2D eigenvalue weighted by molar-refractivity contribution is -0.117. The van der Waals surface area contributed by atoms with Crippen molar-refractivity contribution in [2.75, 3.05) is 18.0 Å². The molecule has 142 valence electrons. The van der Waals surface area contributed by atoms with Gasteiger partial charge in [-0.1, -0.05) is 31.2 Å². The van der Waals surface area contributed by atoms with Gasteiger partial charge < -0.3 is 10.2 Å². The number of rotatable bonds is 5. The minimum atomic E-state index is -0.285. The predicted octanol–water partition coefficient (Wildman–Crippen LogP) is 4.95. The van der Waals surface area contributed by atoms with Crippen molar-refractivity contribution in [3.05, 3.63) is 71.6 Å². The van der Waals surface area contributed by atoms with Gasteiger partial charge in [0, 0.05) is 24.9 Å². The zero-order chi connectivity index (χ0) is 19.2. The number of benzene rings is 2. The number of carbonyl (C=O) groups excluding carboxylic acids is 1. The van der Waals surface area contributed by atoms with Crippen molar-refractivity contribution >= 4 is 17.7 Å². The maximum Gasteiger partial charge on any atom is 0.244 e. The van der Waals surface area contributed by atoms with Crippen LogP contribution in [0.25, 0.3) is 6.08 Å². The summed E-state index contributed by atoms with van der Waals surface area (Å²) in [5, 5.41) is 2.97. The van der Waals surface area contributed by atoms with Gasteiger partial charge in [-0.2, -0.15) is 0 Å². The van der Waals surface area contributed by atoms with Crippen LogP contribution >= 0.6 is 0 Å². The van der Waals surface area contributed by atoms with Crippen molar-refractivity contribution in [2.45, 2.75) is 32.7 Å². The number of hydrogen-bond donors (Lipinski definition) is 1. The molecule has 0 radical (unpaired) electrons. The molecule has 0 aromatic heterocycles. The third kappa shape index (κ3) is 5.43. The second-order valence-electron chi connectivity index (χ2n) is 7.40. The van der Waals surface area contributed by atoms with Gasteiger partial charge in [0.25, 0.3) is 0 Å². The van der Waals surface area contributed by atoms with Crippen LogP contribution in [0.5, 0.6) is 0 Å². The number of hydrogen-bond acceptors (Lipinski definition) is 2. The zero-order valence-electron chi connectivity index (χ0n) is 16.0. The van der Waals surface area contributed by atoms with Gasteiger partial charge in [0.2, 0.25) is 5.91 Å². The Morgan fingerprint density at radius 3 is 2.56 bits per heavy atom. The minimum absolute atomic E-state index is 0.0790. The predicted molar refractivity (Wildman–Crippen MR) is 109 cm³/mol. The fraction of sp³-hybridized carbons (Fsp3) is 0.348. The van der Waals surface area contributed by atoms with Crippen LogP contribution < -0.4 is 10.2 Å². The molecule has 2 atom stereocenters. The Hall–Kier alpha value is -2.62.